The van der Waals surface area contributed by atoms with Gasteiger partial charge in [0.05, 0.1) is 28.7 Å². The average molecular weight is 383 g/mol. The number of imidazole rings is 1. The van der Waals surface area contributed by atoms with Crippen LogP contribution < -0.4 is 4.90 Å². The number of nitrogens with zero attached hydrogens (tertiary/aromatic N) is 3. The molecule has 0 unspecified atom stereocenters. The van der Waals surface area contributed by atoms with Crippen molar-refractivity contribution in [2.24, 2.45) is 0 Å². The largest absolute Gasteiger partial charge is 0.396 e. The zero-order chi connectivity index (χ0) is 19.5. The molecule has 1 fully saturated rings. The van der Waals surface area contributed by atoms with Crippen molar-refractivity contribution in [3.63, 3.8) is 0 Å². The summed E-state index contributed by atoms with van der Waals surface area (Å²) in [6.45, 7) is 0.690. The van der Waals surface area contributed by atoms with E-state index in [0.717, 1.165) is 23.9 Å². The molecule has 1 saturated carbocycles. The molecule has 1 spiro atoms. The first-order valence-corrected chi connectivity index (χ1v) is 9.41. The lowest BCUT2D eigenvalue weighted by Gasteiger charge is -2.19. The van der Waals surface area contributed by atoms with Gasteiger partial charge in [0.15, 0.2) is 0 Å². The molecular weight excluding hydrogens is 364 g/mol. The Balaban J connectivity index is 1.59. The van der Waals surface area contributed by atoms with E-state index in [0.29, 0.717) is 30.0 Å². The van der Waals surface area contributed by atoms with Crippen LogP contribution in [0.15, 0.2) is 36.4 Å². The van der Waals surface area contributed by atoms with Crippen molar-refractivity contribution in [1.82, 2.24) is 9.55 Å². The van der Waals surface area contributed by atoms with E-state index in [2.05, 4.69) is 4.98 Å². The van der Waals surface area contributed by atoms with Crippen LogP contribution in [-0.2, 0) is 23.3 Å². The Morgan fingerprint density at radius 2 is 1.86 bits per heavy atom. The van der Waals surface area contributed by atoms with Gasteiger partial charge in [-0.25, -0.2) is 13.8 Å². The number of halogens is 2. The smallest absolute Gasteiger partial charge is 0.238 e. The fraction of sp³-hybridized carbons (Fsp3) is 0.333. The molecule has 0 bridgehead atoms. The Labute approximate surface area is 160 Å². The highest BCUT2D eigenvalue weighted by Gasteiger charge is 2.59. The van der Waals surface area contributed by atoms with Crippen LogP contribution in [-0.4, -0.2) is 27.2 Å². The number of anilines is 1. The highest BCUT2D eigenvalue weighted by atomic mass is 19.1. The number of benzene rings is 2. The van der Waals surface area contributed by atoms with E-state index in [9.17, 15) is 18.7 Å². The SMILES string of the molecule is O=C1N(Cc2nc3cc(F)ccc3n2CCCO)c2cc(F)ccc2C12CC2. The normalized spacial score (nSPS) is 17.0. The highest BCUT2D eigenvalue weighted by molar-refractivity contribution is 6.10. The van der Waals surface area contributed by atoms with Gasteiger partial charge < -0.3 is 14.6 Å². The summed E-state index contributed by atoms with van der Waals surface area (Å²) in [5.41, 5.74) is 2.20. The number of aryl methyl sites for hydroxylation is 1. The molecule has 1 N–H and O–H groups in total. The van der Waals surface area contributed by atoms with E-state index in [4.69, 9.17) is 0 Å². The summed E-state index contributed by atoms with van der Waals surface area (Å²) in [5.74, 6) is -0.201. The molecule has 2 heterocycles. The molecule has 0 atom stereocenters. The minimum absolute atomic E-state index is 0.0140. The lowest BCUT2D eigenvalue weighted by atomic mass is 9.98. The number of rotatable bonds is 5. The minimum Gasteiger partial charge on any atom is -0.396 e. The van der Waals surface area contributed by atoms with Crippen molar-refractivity contribution < 1.29 is 18.7 Å². The summed E-state index contributed by atoms with van der Waals surface area (Å²) in [7, 11) is 0. The number of fused-ring (bicyclic) bond motifs is 3. The number of aliphatic hydroxyl groups excluding tert-OH is 1. The first-order chi connectivity index (χ1) is 13.5. The Kier molecular flexibility index (Phi) is 3.77. The van der Waals surface area contributed by atoms with Gasteiger partial charge in [-0.2, -0.15) is 0 Å². The number of amides is 1. The van der Waals surface area contributed by atoms with Crippen LogP contribution in [0.1, 0.15) is 30.7 Å². The van der Waals surface area contributed by atoms with Crippen molar-refractivity contribution in [2.45, 2.75) is 37.8 Å². The summed E-state index contributed by atoms with van der Waals surface area (Å²) in [5, 5.41) is 9.24. The van der Waals surface area contributed by atoms with Gasteiger partial charge in [0.2, 0.25) is 5.91 Å². The molecule has 0 saturated heterocycles. The third-order valence-electron chi connectivity index (χ3n) is 5.80. The van der Waals surface area contributed by atoms with Crippen LogP contribution in [0.5, 0.6) is 0 Å². The van der Waals surface area contributed by atoms with E-state index in [1.807, 2.05) is 4.57 Å². The quantitative estimate of drug-likeness (QED) is 0.736. The summed E-state index contributed by atoms with van der Waals surface area (Å²) >= 11 is 0. The standard InChI is InChI=1S/C21H19F2N3O2/c22-13-3-5-17-16(10-13)24-19(25(17)8-1-9-27)12-26-18-11-14(23)2-4-15(18)21(6-7-21)20(26)28/h2-5,10-11,27H,1,6-9,12H2. The number of aliphatic hydroxyl groups is 1. The Morgan fingerprint density at radius 3 is 2.61 bits per heavy atom. The van der Waals surface area contributed by atoms with Gasteiger partial charge >= 0.3 is 0 Å². The molecule has 2 aliphatic rings. The van der Waals surface area contributed by atoms with Crippen molar-refractivity contribution >= 4 is 22.6 Å². The maximum Gasteiger partial charge on any atom is 0.238 e. The molecule has 144 valence electrons. The van der Waals surface area contributed by atoms with Crippen LogP contribution in [0.2, 0.25) is 0 Å². The van der Waals surface area contributed by atoms with Crippen molar-refractivity contribution in [2.75, 3.05) is 11.5 Å². The molecule has 0 radical (unpaired) electrons. The number of hydrogen-bond donors (Lipinski definition) is 1. The lowest BCUT2D eigenvalue weighted by Crippen LogP contribution is -2.32. The number of carbonyl (C=O) groups is 1. The van der Waals surface area contributed by atoms with Gasteiger partial charge in [-0.15, -0.1) is 0 Å². The molecule has 5 rings (SSSR count). The molecule has 1 aromatic heterocycles. The fourth-order valence-corrected chi connectivity index (χ4v) is 4.27. The summed E-state index contributed by atoms with van der Waals surface area (Å²) < 4.78 is 29.5. The van der Waals surface area contributed by atoms with Gasteiger partial charge in [0.25, 0.3) is 0 Å². The second-order valence-corrected chi connectivity index (χ2v) is 7.52. The maximum absolute atomic E-state index is 13.9. The lowest BCUT2D eigenvalue weighted by molar-refractivity contribution is -0.120. The highest BCUT2D eigenvalue weighted by Crippen LogP contribution is 2.57. The van der Waals surface area contributed by atoms with Crippen LogP contribution >= 0.6 is 0 Å². The molecule has 2 aromatic carbocycles. The number of aromatic nitrogens is 2. The number of carbonyl (C=O) groups excluding carboxylic acids is 1. The molecule has 3 aromatic rings. The Bertz CT molecular complexity index is 1100. The van der Waals surface area contributed by atoms with Crippen molar-refractivity contribution in [3.8, 4) is 0 Å². The predicted molar refractivity (Wildman–Crippen MR) is 99.9 cm³/mol. The first-order valence-electron chi connectivity index (χ1n) is 9.41. The van der Waals surface area contributed by atoms with E-state index >= 15 is 0 Å². The van der Waals surface area contributed by atoms with Gasteiger partial charge in [0.1, 0.15) is 17.5 Å². The summed E-state index contributed by atoms with van der Waals surface area (Å²) in [4.78, 5) is 19.3. The van der Waals surface area contributed by atoms with E-state index in [1.54, 1.807) is 17.0 Å². The van der Waals surface area contributed by atoms with E-state index < -0.39 is 5.41 Å². The molecule has 1 amide bonds. The summed E-state index contributed by atoms with van der Waals surface area (Å²) in [6.07, 6.45) is 2.05. The molecule has 28 heavy (non-hydrogen) atoms. The summed E-state index contributed by atoms with van der Waals surface area (Å²) in [6, 6.07) is 8.89. The van der Waals surface area contributed by atoms with Gasteiger partial charge in [-0.3, -0.25) is 4.79 Å². The van der Waals surface area contributed by atoms with Crippen molar-refractivity contribution in [3.05, 3.63) is 59.4 Å². The molecule has 5 nitrogen and oxygen atoms in total. The zero-order valence-corrected chi connectivity index (χ0v) is 15.2. The van der Waals surface area contributed by atoms with Gasteiger partial charge in [0, 0.05) is 19.2 Å². The van der Waals surface area contributed by atoms with Crippen LogP contribution in [0.4, 0.5) is 14.5 Å². The topological polar surface area (TPSA) is 58.4 Å². The van der Waals surface area contributed by atoms with E-state index in [-0.39, 0.29) is 30.7 Å². The molecule has 7 heteroatoms. The number of hydrogen-bond acceptors (Lipinski definition) is 3. The second-order valence-electron chi connectivity index (χ2n) is 7.52. The third-order valence-corrected chi connectivity index (χ3v) is 5.80. The van der Waals surface area contributed by atoms with Crippen LogP contribution in [0.25, 0.3) is 11.0 Å². The zero-order valence-electron chi connectivity index (χ0n) is 15.2. The first kappa shape index (κ1) is 17.3. The van der Waals surface area contributed by atoms with E-state index in [1.165, 1.54) is 24.3 Å². The monoisotopic (exact) mass is 383 g/mol. The van der Waals surface area contributed by atoms with Crippen LogP contribution in [0.3, 0.4) is 0 Å². The Hall–Kier alpha value is -2.80. The third kappa shape index (κ3) is 2.46. The fourth-order valence-electron chi connectivity index (χ4n) is 4.27. The van der Waals surface area contributed by atoms with Gasteiger partial charge in [-0.1, -0.05) is 6.07 Å². The molecule has 1 aliphatic heterocycles. The molecular formula is C21H19F2N3O2. The second kappa shape index (κ2) is 6.10. The maximum atomic E-state index is 13.9. The Morgan fingerprint density at radius 1 is 1.11 bits per heavy atom. The average Bonchev–Trinajstić information content (AvgIpc) is 3.36. The van der Waals surface area contributed by atoms with Gasteiger partial charge in [-0.05, 0) is 49.1 Å². The minimum atomic E-state index is -0.517. The molecule has 1 aliphatic carbocycles. The van der Waals surface area contributed by atoms with Crippen molar-refractivity contribution in [1.29, 1.82) is 0 Å². The van der Waals surface area contributed by atoms with Crippen LogP contribution in [0, 0.1) is 11.6 Å². The predicted octanol–water partition coefficient (Wildman–Crippen LogP) is 3.28.